The van der Waals surface area contributed by atoms with Crippen molar-refractivity contribution in [1.82, 2.24) is 9.55 Å². The molecule has 0 radical (unpaired) electrons. The van der Waals surface area contributed by atoms with Crippen molar-refractivity contribution in [3.05, 3.63) is 62.1 Å². The quantitative estimate of drug-likeness (QED) is 0.623. The van der Waals surface area contributed by atoms with Gasteiger partial charge in [-0.05, 0) is 12.5 Å². The number of hydrogen-bond acceptors (Lipinski definition) is 5. The van der Waals surface area contributed by atoms with Crippen LogP contribution in [0.1, 0.15) is 11.3 Å². The summed E-state index contributed by atoms with van der Waals surface area (Å²) in [5.41, 5.74) is 1.11. The first-order valence-corrected chi connectivity index (χ1v) is 5.87. The second-order valence-electron chi connectivity index (χ2n) is 4.23. The number of hydrogen-bond donors (Lipinski definition) is 0. The smallest absolute Gasteiger partial charge is 0.299 e. The van der Waals surface area contributed by atoms with E-state index in [-0.39, 0.29) is 23.8 Å². The maximum Gasteiger partial charge on any atom is 0.299 e. The molecule has 2 aromatic rings. The van der Waals surface area contributed by atoms with Crippen LogP contribution in [0.25, 0.3) is 0 Å². The second-order valence-corrected chi connectivity index (χ2v) is 4.23. The first kappa shape index (κ1) is 13.7. The maximum absolute atomic E-state index is 11.9. The van der Waals surface area contributed by atoms with Gasteiger partial charge >= 0.3 is 0 Å². The number of methoxy groups -OCH3 is 1. The monoisotopic (exact) mass is 275 g/mol. The van der Waals surface area contributed by atoms with Crippen LogP contribution in [0.15, 0.2) is 35.1 Å². The summed E-state index contributed by atoms with van der Waals surface area (Å²) in [4.78, 5) is 26.2. The van der Waals surface area contributed by atoms with E-state index in [1.54, 1.807) is 19.1 Å². The van der Waals surface area contributed by atoms with Crippen LogP contribution in [0, 0.1) is 17.0 Å². The SMILES string of the molecule is COc1nc(C)cc(=O)n1Cc1ccc([N+](=O)[O-])cc1. The highest BCUT2D eigenvalue weighted by molar-refractivity contribution is 5.33. The zero-order chi connectivity index (χ0) is 14.7. The lowest BCUT2D eigenvalue weighted by atomic mass is 10.2. The third-order valence-electron chi connectivity index (χ3n) is 2.77. The fraction of sp³-hybridized carbons (Fsp3) is 0.231. The molecule has 0 unspecified atom stereocenters. The predicted molar refractivity (Wildman–Crippen MR) is 72.0 cm³/mol. The Morgan fingerprint density at radius 3 is 2.55 bits per heavy atom. The van der Waals surface area contributed by atoms with Gasteiger partial charge in [0.15, 0.2) is 0 Å². The third-order valence-corrected chi connectivity index (χ3v) is 2.77. The molecule has 1 aromatic heterocycles. The van der Waals surface area contributed by atoms with Crippen molar-refractivity contribution in [3.63, 3.8) is 0 Å². The van der Waals surface area contributed by atoms with Gasteiger partial charge in [0.25, 0.3) is 17.3 Å². The predicted octanol–water partition coefficient (Wildman–Crippen LogP) is 1.52. The normalized spacial score (nSPS) is 10.3. The molecule has 104 valence electrons. The molecular weight excluding hydrogens is 262 g/mol. The van der Waals surface area contributed by atoms with Gasteiger partial charge in [0.2, 0.25) is 0 Å². The molecule has 0 aliphatic heterocycles. The fourth-order valence-electron chi connectivity index (χ4n) is 1.80. The van der Waals surface area contributed by atoms with Crippen molar-refractivity contribution in [2.24, 2.45) is 0 Å². The fourth-order valence-corrected chi connectivity index (χ4v) is 1.80. The van der Waals surface area contributed by atoms with E-state index in [1.165, 1.54) is 29.9 Å². The number of benzene rings is 1. The number of non-ortho nitro benzene ring substituents is 1. The van der Waals surface area contributed by atoms with Gasteiger partial charge in [-0.3, -0.25) is 19.5 Å². The summed E-state index contributed by atoms with van der Waals surface area (Å²) in [7, 11) is 1.44. The Morgan fingerprint density at radius 1 is 1.35 bits per heavy atom. The maximum atomic E-state index is 11.9. The van der Waals surface area contributed by atoms with Crippen molar-refractivity contribution in [2.75, 3.05) is 7.11 Å². The van der Waals surface area contributed by atoms with Gasteiger partial charge < -0.3 is 4.74 Å². The largest absolute Gasteiger partial charge is 0.468 e. The molecule has 0 bridgehead atoms. The van der Waals surface area contributed by atoms with E-state index >= 15 is 0 Å². The number of aromatic nitrogens is 2. The van der Waals surface area contributed by atoms with E-state index in [0.717, 1.165) is 5.56 Å². The standard InChI is InChI=1S/C13H13N3O4/c1-9-7-12(17)15(13(14-9)20-2)8-10-3-5-11(6-4-10)16(18)19/h3-7H,8H2,1-2H3. The second kappa shape index (κ2) is 5.52. The summed E-state index contributed by atoms with van der Waals surface area (Å²) in [5.74, 6) is 0. The lowest BCUT2D eigenvalue weighted by Crippen LogP contribution is -2.23. The molecular formula is C13H13N3O4. The molecule has 0 fully saturated rings. The lowest BCUT2D eigenvalue weighted by molar-refractivity contribution is -0.384. The van der Waals surface area contributed by atoms with E-state index in [0.29, 0.717) is 5.69 Å². The van der Waals surface area contributed by atoms with Crippen LogP contribution >= 0.6 is 0 Å². The number of ether oxygens (including phenoxy) is 1. The minimum absolute atomic E-state index is 0.00935. The number of rotatable bonds is 4. The Morgan fingerprint density at radius 2 is 2.00 bits per heavy atom. The minimum atomic E-state index is -0.468. The molecule has 0 saturated heterocycles. The summed E-state index contributed by atoms with van der Waals surface area (Å²) in [6.07, 6.45) is 0. The summed E-state index contributed by atoms with van der Waals surface area (Å²) in [5, 5.41) is 10.6. The van der Waals surface area contributed by atoms with Crippen molar-refractivity contribution in [1.29, 1.82) is 0 Å². The van der Waals surface area contributed by atoms with E-state index < -0.39 is 4.92 Å². The van der Waals surface area contributed by atoms with E-state index in [9.17, 15) is 14.9 Å². The highest BCUT2D eigenvalue weighted by Crippen LogP contribution is 2.14. The average molecular weight is 275 g/mol. The van der Waals surface area contributed by atoms with Gasteiger partial charge in [0, 0.05) is 23.9 Å². The topological polar surface area (TPSA) is 87.3 Å². The number of aryl methyl sites for hydroxylation is 1. The van der Waals surface area contributed by atoms with Crippen molar-refractivity contribution in [3.8, 4) is 6.01 Å². The summed E-state index contributed by atoms with van der Waals surface area (Å²) < 4.78 is 6.45. The molecule has 1 aromatic carbocycles. The summed E-state index contributed by atoms with van der Waals surface area (Å²) in [6.45, 7) is 1.95. The van der Waals surface area contributed by atoms with Gasteiger partial charge in [0.1, 0.15) is 0 Å². The van der Waals surface area contributed by atoms with Crippen LogP contribution < -0.4 is 10.3 Å². The van der Waals surface area contributed by atoms with Gasteiger partial charge in [-0.25, -0.2) is 4.98 Å². The first-order chi connectivity index (χ1) is 9.51. The van der Waals surface area contributed by atoms with Crippen LogP contribution in [0.4, 0.5) is 5.69 Å². The molecule has 2 rings (SSSR count). The molecule has 7 heteroatoms. The molecule has 0 spiro atoms. The Bertz CT molecular complexity index is 692. The zero-order valence-electron chi connectivity index (χ0n) is 11.1. The molecule has 0 amide bonds. The van der Waals surface area contributed by atoms with Crippen LogP contribution in [0.5, 0.6) is 6.01 Å². The molecule has 20 heavy (non-hydrogen) atoms. The number of nitro groups is 1. The van der Waals surface area contributed by atoms with Gasteiger partial charge in [0.05, 0.1) is 18.6 Å². The van der Waals surface area contributed by atoms with Crippen molar-refractivity contribution >= 4 is 5.69 Å². The molecule has 0 aliphatic rings. The van der Waals surface area contributed by atoms with Crippen molar-refractivity contribution in [2.45, 2.75) is 13.5 Å². The molecule has 0 atom stereocenters. The Balaban J connectivity index is 2.34. The van der Waals surface area contributed by atoms with Crippen LogP contribution in [-0.2, 0) is 6.54 Å². The molecule has 0 N–H and O–H groups in total. The highest BCUT2D eigenvalue weighted by Gasteiger charge is 2.09. The average Bonchev–Trinajstić information content (AvgIpc) is 2.42. The van der Waals surface area contributed by atoms with E-state index in [1.807, 2.05) is 0 Å². The van der Waals surface area contributed by atoms with Gasteiger partial charge in [-0.1, -0.05) is 12.1 Å². The van der Waals surface area contributed by atoms with Crippen LogP contribution in [-0.4, -0.2) is 21.6 Å². The Labute approximate surface area is 114 Å². The van der Waals surface area contributed by atoms with Crippen LogP contribution in [0.2, 0.25) is 0 Å². The zero-order valence-corrected chi connectivity index (χ0v) is 11.1. The van der Waals surface area contributed by atoms with Crippen molar-refractivity contribution < 1.29 is 9.66 Å². The molecule has 0 aliphatic carbocycles. The minimum Gasteiger partial charge on any atom is -0.468 e. The van der Waals surface area contributed by atoms with Gasteiger partial charge in [-0.15, -0.1) is 0 Å². The van der Waals surface area contributed by atoms with E-state index in [2.05, 4.69) is 4.98 Å². The molecule has 0 saturated carbocycles. The summed E-state index contributed by atoms with van der Waals surface area (Å²) in [6, 6.07) is 7.62. The third kappa shape index (κ3) is 2.82. The first-order valence-electron chi connectivity index (χ1n) is 5.87. The lowest BCUT2D eigenvalue weighted by Gasteiger charge is -2.10. The highest BCUT2D eigenvalue weighted by atomic mass is 16.6. The van der Waals surface area contributed by atoms with Gasteiger partial charge in [-0.2, -0.15) is 0 Å². The molecule has 1 heterocycles. The summed E-state index contributed by atoms with van der Waals surface area (Å²) >= 11 is 0. The number of nitrogens with zero attached hydrogens (tertiary/aromatic N) is 3. The van der Waals surface area contributed by atoms with Crippen LogP contribution in [0.3, 0.4) is 0 Å². The Hall–Kier alpha value is -2.70. The van der Waals surface area contributed by atoms with E-state index in [4.69, 9.17) is 4.74 Å². The molecule has 7 nitrogen and oxygen atoms in total. The number of nitro benzene ring substituents is 1. The Kier molecular flexibility index (Phi) is 3.79.